The Morgan fingerprint density at radius 1 is 1.44 bits per heavy atom. The molecule has 1 aliphatic heterocycles. The van der Waals surface area contributed by atoms with E-state index in [9.17, 15) is 0 Å². The van der Waals surface area contributed by atoms with Gasteiger partial charge < -0.3 is 10.2 Å². The number of nitriles is 1. The molecule has 0 amide bonds. The number of hydrogen-bond acceptors (Lipinski definition) is 6. The van der Waals surface area contributed by atoms with E-state index in [2.05, 4.69) is 40.0 Å². The molecule has 2 heterocycles. The number of pyridine rings is 1. The molecule has 0 saturated carbocycles. The van der Waals surface area contributed by atoms with Crippen molar-refractivity contribution in [2.24, 2.45) is 0 Å². The molecule has 2 rings (SSSR count). The molecular weight excluding hydrogens is 264 g/mol. The highest BCUT2D eigenvalue weighted by molar-refractivity contribution is 7.99. The van der Waals surface area contributed by atoms with Gasteiger partial charge in [0.15, 0.2) is 0 Å². The Bertz CT molecular complexity index is 438. The first-order valence-electron chi connectivity index (χ1n) is 5.89. The van der Waals surface area contributed by atoms with Crippen LogP contribution in [0.2, 0.25) is 0 Å². The number of anilines is 2. The van der Waals surface area contributed by atoms with E-state index in [4.69, 9.17) is 5.26 Å². The zero-order chi connectivity index (χ0) is 12.8. The number of aromatic nitrogens is 1. The van der Waals surface area contributed by atoms with Crippen LogP contribution in [-0.4, -0.2) is 36.1 Å². The van der Waals surface area contributed by atoms with Gasteiger partial charge in [-0.3, -0.25) is 0 Å². The molecular formula is C12H16N4S2. The highest BCUT2D eigenvalue weighted by atomic mass is 32.2. The zero-order valence-corrected chi connectivity index (χ0v) is 11.8. The lowest BCUT2D eigenvalue weighted by molar-refractivity contribution is 0.855. The number of nitrogens with zero attached hydrogens (tertiary/aromatic N) is 3. The Labute approximate surface area is 117 Å². The third-order valence-corrected chi connectivity index (χ3v) is 4.02. The molecule has 1 N–H and O–H groups in total. The summed E-state index contributed by atoms with van der Waals surface area (Å²) in [4.78, 5) is 6.78. The van der Waals surface area contributed by atoms with E-state index in [0.29, 0.717) is 5.75 Å². The van der Waals surface area contributed by atoms with E-state index in [1.807, 2.05) is 17.8 Å². The summed E-state index contributed by atoms with van der Waals surface area (Å²) in [6.07, 6.45) is 0. The third-order valence-electron chi connectivity index (χ3n) is 2.75. The summed E-state index contributed by atoms with van der Waals surface area (Å²) in [6, 6.07) is 6.16. The second kappa shape index (κ2) is 6.76. The molecule has 18 heavy (non-hydrogen) atoms. The fourth-order valence-corrected chi connectivity index (χ4v) is 2.94. The second-order valence-corrected chi connectivity index (χ2v) is 5.51. The quantitative estimate of drug-likeness (QED) is 0.652. The summed E-state index contributed by atoms with van der Waals surface area (Å²) in [7, 11) is 0. The van der Waals surface area contributed by atoms with Crippen LogP contribution in [0.3, 0.4) is 0 Å². The van der Waals surface area contributed by atoms with Gasteiger partial charge in [0.25, 0.3) is 0 Å². The van der Waals surface area contributed by atoms with Crippen LogP contribution in [0.4, 0.5) is 11.5 Å². The predicted molar refractivity (Wildman–Crippen MR) is 80.6 cm³/mol. The molecule has 1 aromatic rings. The van der Waals surface area contributed by atoms with Gasteiger partial charge in [0.05, 0.1) is 11.8 Å². The Kier molecular flexibility index (Phi) is 5.02. The molecule has 0 radical (unpaired) electrons. The highest BCUT2D eigenvalue weighted by Crippen LogP contribution is 2.23. The lowest BCUT2D eigenvalue weighted by Crippen LogP contribution is -2.32. The third kappa shape index (κ3) is 3.47. The number of rotatable bonds is 4. The van der Waals surface area contributed by atoms with Crippen LogP contribution >= 0.6 is 24.4 Å². The van der Waals surface area contributed by atoms with Gasteiger partial charge in [0, 0.05) is 42.1 Å². The molecule has 1 aromatic heterocycles. The van der Waals surface area contributed by atoms with Crippen LogP contribution in [0, 0.1) is 11.3 Å². The number of nitrogens with one attached hydrogen (secondary N) is 1. The summed E-state index contributed by atoms with van der Waals surface area (Å²) in [5, 5.41) is 11.6. The maximum atomic E-state index is 8.60. The summed E-state index contributed by atoms with van der Waals surface area (Å²) in [6.45, 7) is 2.41. The van der Waals surface area contributed by atoms with Gasteiger partial charge >= 0.3 is 0 Å². The molecule has 4 nitrogen and oxygen atoms in total. The van der Waals surface area contributed by atoms with Gasteiger partial charge in [-0.25, -0.2) is 4.98 Å². The fraction of sp³-hybridized carbons (Fsp3) is 0.500. The van der Waals surface area contributed by atoms with E-state index in [-0.39, 0.29) is 6.54 Å². The summed E-state index contributed by atoms with van der Waals surface area (Å²) >= 11 is 6.27. The molecule has 6 heteroatoms. The largest absolute Gasteiger partial charge is 0.370 e. The minimum atomic E-state index is 0.276. The van der Waals surface area contributed by atoms with E-state index in [1.165, 1.54) is 17.2 Å². The van der Waals surface area contributed by atoms with Gasteiger partial charge in [0.1, 0.15) is 12.4 Å². The Morgan fingerprint density at radius 2 is 2.22 bits per heavy atom. The smallest absolute Gasteiger partial charge is 0.129 e. The van der Waals surface area contributed by atoms with Crippen molar-refractivity contribution in [3.05, 3.63) is 17.8 Å². The van der Waals surface area contributed by atoms with Gasteiger partial charge in [-0.1, -0.05) is 0 Å². The standard InChI is InChI=1S/C12H16N4S2/c13-1-2-14-12-8-11(7-10(9-17)15-12)16-3-5-18-6-4-16/h7-8,17H,2-6,9H2,(H,14,15). The molecule has 0 aliphatic carbocycles. The van der Waals surface area contributed by atoms with Crippen LogP contribution in [0.25, 0.3) is 0 Å². The van der Waals surface area contributed by atoms with E-state index < -0.39 is 0 Å². The first-order valence-corrected chi connectivity index (χ1v) is 7.67. The Balaban J connectivity index is 2.19. The summed E-state index contributed by atoms with van der Waals surface area (Å²) in [5.41, 5.74) is 2.12. The van der Waals surface area contributed by atoms with Gasteiger partial charge in [-0.15, -0.1) is 0 Å². The Morgan fingerprint density at radius 3 is 2.89 bits per heavy atom. The van der Waals surface area contributed by atoms with Gasteiger partial charge in [-0.05, 0) is 6.07 Å². The molecule has 0 spiro atoms. The molecule has 0 aromatic carbocycles. The van der Waals surface area contributed by atoms with Crippen molar-refractivity contribution in [2.45, 2.75) is 5.75 Å². The molecule has 1 aliphatic rings. The topological polar surface area (TPSA) is 52.0 Å². The van der Waals surface area contributed by atoms with Gasteiger partial charge in [-0.2, -0.15) is 29.7 Å². The molecule has 0 atom stereocenters. The maximum absolute atomic E-state index is 8.60. The summed E-state index contributed by atoms with van der Waals surface area (Å²) in [5.74, 6) is 3.70. The predicted octanol–water partition coefficient (Wildman–Crippen LogP) is 2.00. The van der Waals surface area contributed by atoms with Crippen LogP contribution < -0.4 is 10.2 Å². The molecule has 1 saturated heterocycles. The first kappa shape index (κ1) is 13.4. The first-order chi connectivity index (χ1) is 8.83. The molecule has 0 bridgehead atoms. The van der Waals surface area contributed by atoms with E-state index in [1.54, 1.807) is 0 Å². The van der Waals surface area contributed by atoms with Gasteiger partial charge in [0.2, 0.25) is 0 Å². The normalized spacial score (nSPS) is 15.2. The van der Waals surface area contributed by atoms with Crippen molar-refractivity contribution < 1.29 is 0 Å². The molecule has 0 unspecified atom stereocenters. The Hall–Kier alpha value is -1.06. The average molecular weight is 280 g/mol. The monoisotopic (exact) mass is 280 g/mol. The zero-order valence-electron chi connectivity index (χ0n) is 10.1. The van der Waals surface area contributed by atoms with Crippen molar-refractivity contribution in [3.8, 4) is 6.07 Å². The van der Waals surface area contributed by atoms with E-state index >= 15 is 0 Å². The van der Waals surface area contributed by atoms with Crippen molar-refractivity contribution in [3.63, 3.8) is 0 Å². The van der Waals surface area contributed by atoms with Crippen molar-refractivity contribution in [1.82, 2.24) is 4.98 Å². The van der Waals surface area contributed by atoms with Crippen LogP contribution in [0.1, 0.15) is 5.69 Å². The lowest BCUT2D eigenvalue weighted by Gasteiger charge is -2.29. The molecule has 1 fully saturated rings. The van der Waals surface area contributed by atoms with Crippen LogP contribution in [0.5, 0.6) is 0 Å². The number of thiol groups is 1. The SMILES string of the molecule is N#CCNc1cc(N2CCSCC2)cc(CS)n1. The van der Waals surface area contributed by atoms with Crippen molar-refractivity contribution >= 4 is 35.9 Å². The second-order valence-electron chi connectivity index (χ2n) is 3.97. The van der Waals surface area contributed by atoms with Crippen molar-refractivity contribution in [1.29, 1.82) is 5.26 Å². The van der Waals surface area contributed by atoms with Crippen LogP contribution in [-0.2, 0) is 5.75 Å². The van der Waals surface area contributed by atoms with Crippen LogP contribution in [0.15, 0.2) is 12.1 Å². The highest BCUT2D eigenvalue weighted by Gasteiger charge is 2.13. The maximum Gasteiger partial charge on any atom is 0.129 e. The number of thioether (sulfide) groups is 1. The summed E-state index contributed by atoms with van der Waals surface area (Å²) < 4.78 is 0. The van der Waals surface area contributed by atoms with Crippen molar-refractivity contribution in [2.75, 3.05) is 41.4 Å². The number of hydrogen-bond donors (Lipinski definition) is 2. The minimum Gasteiger partial charge on any atom is -0.370 e. The fourth-order valence-electron chi connectivity index (χ4n) is 1.88. The lowest BCUT2D eigenvalue weighted by atomic mass is 10.2. The minimum absolute atomic E-state index is 0.276. The molecule has 96 valence electrons. The van der Waals surface area contributed by atoms with E-state index in [0.717, 1.165) is 24.6 Å². The average Bonchev–Trinajstić information content (AvgIpc) is 2.45.